The molecule has 0 spiro atoms. The molecule has 0 saturated heterocycles. The van der Waals surface area contributed by atoms with Crippen molar-refractivity contribution in [1.29, 1.82) is 0 Å². The fourth-order valence-electron chi connectivity index (χ4n) is 1.88. The minimum atomic E-state index is -0.499. The van der Waals surface area contributed by atoms with Gasteiger partial charge in [-0.25, -0.2) is 8.78 Å². The average molecular weight is 211 g/mol. The van der Waals surface area contributed by atoms with Crippen molar-refractivity contribution in [3.63, 3.8) is 0 Å². The Balaban J connectivity index is 2.16. The van der Waals surface area contributed by atoms with Gasteiger partial charge in [-0.3, -0.25) is 0 Å². The van der Waals surface area contributed by atoms with E-state index in [1.165, 1.54) is 25.0 Å². The second kappa shape index (κ2) is 4.27. The molecule has 0 bridgehead atoms. The van der Waals surface area contributed by atoms with Crippen LogP contribution in [0, 0.1) is 17.6 Å². The summed E-state index contributed by atoms with van der Waals surface area (Å²) in [6.07, 6.45) is 3.46. The van der Waals surface area contributed by atoms with Crippen molar-refractivity contribution in [2.24, 2.45) is 5.92 Å². The lowest BCUT2D eigenvalue weighted by atomic mass is 10.0. The van der Waals surface area contributed by atoms with Gasteiger partial charge >= 0.3 is 0 Å². The molecule has 3 heteroatoms. The molecule has 15 heavy (non-hydrogen) atoms. The Morgan fingerprint density at radius 3 is 2.33 bits per heavy atom. The quantitative estimate of drug-likeness (QED) is 0.807. The molecule has 1 fully saturated rings. The van der Waals surface area contributed by atoms with Gasteiger partial charge in [-0.1, -0.05) is 12.8 Å². The smallest absolute Gasteiger partial charge is 0.126 e. The summed E-state index contributed by atoms with van der Waals surface area (Å²) in [6, 6.07) is 3.80. The third-order valence-electron chi connectivity index (χ3n) is 2.90. The number of hydrogen-bond acceptors (Lipinski definition) is 1. The van der Waals surface area contributed by atoms with E-state index >= 15 is 0 Å². The van der Waals surface area contributed by atoms with Gasteiger partial charge in [-0.2, -0.15) is 0 Å². The number of halogens is 2. The number of nitrogens with one attached hydrogen (secondary N) is 1. The van der Waals surface area contributed by atoms with Crippen LogP contribution in [0.15, 0.2) is 18.2 Å². The first-order valence-corrected chi connectivity index (χ1v) is 5.32. The highest BCUT2D eigenvalue weighted by Gasteiger charge is 2.25. The van der Waals surface area contributed by atoms with Crippen LogP contribution in [0.2, 0.25) is 0 Å². The summed E-state index contributed by atoms with van der Waals surface area (Å²) >= 11 is 0. The summed E-state index contributed by atoms with van der Waals surface area (Å²) in [4.78, 5) is 0. The molecule has 1 aliphatic rings. The highest BCUT2D eigenvalue weighted by atomic mass is 19.1. The zero-order chi connectivity index (χ0) is 10.8. The second-order valence-electron chi connectivity index (χ2n) is 4.22. The van der Waals surface area contributed by atoms with Crippen LogP contribution in [0.1, 0.15) is 30.9 Å². The number of hydrogen-bond donors (Lipinski definition) is 1. The Kier molecular flexibility index (Phi) is 3.00. The van der Waals surface area contributed by atoms with Gasteiger partial charge in [-0.15, -0.1) is 0 Å². The average Bonchev–Trinajstić information content (AvgIpc) is 2.96. The summed E-state index contributed by atoms with van der Waals surface area (Å²) in [6.45, 7) is 0. The molecule has 1 aromatic carbocycles. The molecule has 1 aromatic rings. The third kappa shape index (κ3) is 2.75. The highest BCUT2D eigenvalue weighted by Crippen LogP contribution is 2.37. The summed E-state index contributed by atoms with van der Waals surface area (Å²) in [5, 5.41) is 3.11. The van der Waals surface area contributed by atoms with Crippen molar-refractivity contribution in [2.45, 2.75) is 25.3 Å². The van der Waals surface area contributed by atoms with Gasteiger partial charge in [0.05, 0.1) is 0 Å². The zero-order valence-corrected chi connectivity index (χ0v) is 8.76. The molecule has 2 rings (SSSR count). The standard InChI is InChI=1S/C12H15F2N/c1-15-12(4-8-2-3-8)9-5-10(13)7-11(14)6-9/h5-8,12,15H,2-4H2,1H3. The maximum Gasteiger partial charge on any atom is 0.126 e. The van der Waals surface area contributed by atoms with Crippen LogP contribution < -0.4 is 5.32 Å². The number of benzene rings is 1. The van der Waals surface area contributed by atoms with E-state index in [9.17, 15) is 8.78 Å². The van der Waals surface area contributed by atoms with Crippen LogP contribution >= 0.6 is 0 Å². The first kappa shape index (κ1) is 10.6. The van der Waals surface area contributed by atoms with E-state index in [-0.39, 0.29) is 6.04 Å². The largest absolute Gasteiger partial charge is 0.313 e. The molecule has 0 aromatic heterocycles. The van der Waals surface area contributed by atoms with Gasteiger partial charge in [0.1, 0.15) is 11.6 Å². The van der Waals surface area contributed by atoms with Gasteiger partial charge < -0.3 is 5.32 Å². The van der Waals surface area contributed by atoms with Crippen molar-refractivity contribution in [2.75, 3.05) is 7.05 Å². The molecule has 82 valence electrons. The van der Waals surface area contributed by atoms with E-state index in [2.05, 4.69) is 5.32 Å². The van der Waals surface area contributed by atoms with Crippen LogP contribution in [0.25, 0.3) is 0 Å². The van der Waals surface area contributed by atoms with Crippen molar-refractivity contribution in [3.05, 3.63) is 35.4 Å². The van der Waals surface area contributed by atoms with Crippen molar-refractivity contribution in [3.8, 4) is 0 Å². The van der Waals surface area contributed by atoms with Crippen LogP contribution in [0.5, 0.6) is 0 Å². The van der Waals surface area contributed by atoms with Gasteiger partial charge in [-0.05, 0) is 37.1 Å². The Hall–Kier alpha value is -0.960. The van der Waals surface area contributed by atoms with Crippen molar-refractivity contribution >= 4 is 0 Å². The normalized spacial score (nSPS) is 17.8. The molecule has 1 saturated carbocycles. The maximum absolute atomic E-state index is 13.0. The van der Waals surface area contributed by atoms with Crippen LogP contribution in [-0.4, -0.2) is 7.05 Å². The highest BCUT2D eigenvalue weighted by molar-refractivity contribution is 5.21. The monoisotopic (exact) mass is 211 g/mol. The Labute approximate surface area is 88.5 Å². The fraction of sp³-hybridized carbons (Fsp3) is 0.500. The van der Waals surface area contributed by atoms with E-state index < -0.39 is 11.6 Å². The molecule has 1 unspecified atom stereocenters. The van der Waals surface area contributed by atoms with Crippen LogP contribution in [-0.2, 0) is 0 Å². The summed E-state index contributed by atoms with van der Waals surface area (Å²) in [7, 11) is 1.83. The molecule has 0 aliphatic heterocycles. The summed E-state index contributed by atoms with van der Waals surface area (Å²) < 4.78 is 26.0. The summed E-state index contributed by atoms with van der Waals surface area (Å²) in [5.74, 6) is -0.268. The van der Waals surface area contributed by atoms with Crippen molar-refractivity contribution < 1.29 is 8.78 Å². The van der Waals surface area contributed by atoms with Gasteiger partial charge in [0.15, 0.2) is 0 Å². The Bertz CT molecular complexity index is 327. The fourth-order valence-corrected chi connectivity index (χ4v) is 1.88. The molecule has 1 nitrogen and oxygen atoms in total. The topological polar surface area (TPSA) is 12.0 Å². The maximum atomic E-state index is 13.0. The molecule has 1 aliphatic carbocycles. The SMILES string of the molecule is CNC(CC1CC1)c1cc(F)cc(F)c1. The molecular weight excluding hydrogens is 196 g/mol. The molecule has 0 heterocycles. The van der Waals surface area contributed by atoms with E-state index in [4.69, 9.17) is 0 Å². The van der Waals surface area contributed by atoms with E-state index in [0.717, 1.165) is 18.4 Å². The lowest BCUT2D eigenvalue weighted by Gasteiger charge is -2.16. The minimum Gasteiger partial charge on any atom is -0.313 e. The molecular formula is C12H15F2N. The predicted molar refractivity (Wildman–Crippen MR) is 55.5 cm³/mol. The van der Waals surface area contributed by atoms with E-state index in [1.807, 2.05) is 7.05 Å². The minimum absolute atomic E-state index is 0.0719. The third-order valence-corrected chi connectivity index (χ3v) is 2.90. The van der Waals surface area contributed by atoms with E-state index in [1.54, 1.807) is 0 Å². The van der Waals surface area contributed by atoms with Crippen LogP contribution in [0.3, 0.4) is 0 Å². The first-order valence-electron chi connectivity index (χ1n) is 5.32. The van der Waals surface area contributed by atoms with Gasteiger partial charge in [0.2, 0.25) is 0 Å². The van der Waals surface area contributed by atoms with Crippen LogP contribution in [0.4, 0.5) is 8.78 Å². The summed E-state index contributed by atoms with van der Waals surface area (Å²) in [5.41, 5.74) is 0.710. The molecule has 0 radical (unpaired) electrons. The lowest BCUT2D eigenvalue weighted by molar-refractivity contribution is 0.502. The zero-order valence-electron chi connectivity index (χ0n) is 8.76. The number of rotatable bonds is 4. The van der Waals surface area contributed by atoms with Gasteiger partial charge in [0, 0.05) is 12.1 Å². The van der Waals surface area contributed by atoms with E-state index in [0.29, 0.717) is 5.56 Å². The molecule has 0 amide bonds. The molecule has 1 atom stereocenters. The Morgan fingerprint density at radius 2 is 1.87 bits per heavy atom. The van der Waals surface area contributed by atoms with Gasteiger partial charge in [0.25, 0.3) is 0 Å². The molecule has 1 N–H and O–H groups in total. The lowest BCUT2D eigenvalue weighted by Crippen LogP contribution is -2.17. The Morgan fingerprint density at radius 1 is 1.27 bits per heavy atom. The van der Waals surface area contributed by atoms with Crippen molar-refractivity contribution in [1.82, 2.24) is 5.32 Å². The second-order valence-corrected chi connectivity index (χ2v) is 4.22. The predicted octanol–water partition coefficient (Wildman–Crippen LogP) is 3.03. The first-order chi connectivity index (χ1) is 7.19.